The van der Waals surface area contributed by atoms with Gasteiger partial charge in [0.1, 0.15) is 6.07 Å². The molecule has 1 N–H and O–H groups in total. The standard InChI is InChI=1S/C19H17N5O3S/c1-24-8-12-2-11(7-21-17(12)23-24)16-3-14(13-4-19(5-13)9-27-10-19)15(6-20)18(22-16)28(25)26/h2-3,7-8,13,22H,4-5,9-10H2,1H3. The van der Waals surface area contributed by atoms with Crippen LogP contribution in [0.15, 0.2) is 24.5 Å². The van der Waals surface area contributed by atoms with E-state index >= 15 is 0 Å². The van der Waals surface area contributed by atoms with Crippen molar-refractivity contribution in [3.63, 3.8) is 0 Å². The van der Waals surface area contributed by atoms with E-state index in [0.29, 0.717) is 11.3 Å². The molecular formula is C19H17N5O3S. The third-order valence-corrected chi connectivity index (χ3v) is 6.38. The molecule has 28 heavy (non-hydrogen) atoms. The summed E-state index contributed by atoms with van der Waals surface area (Å²) in [5.74, 6) is 0.157. The summed E-state index contributed by atoms with van der Waals surface area (Å²) in [5, 5.41) is 14.8. The molecule has 0 amide bonds. The number of nitrogens with zero attached hydrogens (tertiary/aromatic N) is 4. The van der Waals surface area contributed by atoms with Gasteiger partial charge in [-0.05, 0) is 36.5 Å². The van der Waals surface area contributed by atoms with Crippen LogP contribution in [0.1, 0.15) is 29.9 Å². The summed E-state index contributed by atoms with van der Waals surface area (Å²) in [5.41, 5.74) is 3.19. The van der Waals surface area contributed by atoms with Gasteiger partial charge in [-0.3, -0.25) is 4.68 Å². The maximum Gasteiger partial charge on any atom is 0.239 e. The Morgan fingerprint density at radius 2 is 2.14 bits per heavy atom. The Balaban J connectivity index is 1.67. The average Bonchev–Trinajstić information content (AvgIpc) is 2.97. The highest BCUT2D eigenvalue weighted by Gasteiger charge is 2.50. The number of H-pyrrole nitrogens is 1. The predicted octanol–water partition coefficient (Wildman–Crippen LogP) is 2.14. The van der Waals surface area contributed by atoms with E-state index in [-0.39, 0.29) is 21.5 Å². The second kappa shape index (κ2) is 6.02. The fourth-order valence-corrected chi connectivity index (χ4v) is 4.83. The van der Waals surface area contributed by atoms with Crippen molar-refractivity contribution in [1.82, 2.24) is 19.7 Å². The quantitative estimate of drug-likeness (QED) is 0.665. The van der Waals surface area contributed by atoms with Gasteiger partial charge in [0.05, 0.1) is 18.8 Å². The lowest BCUT2D eigenvalue weighted by atomic mass is 9.58. The number of aromatic nitrogens is 4. The zero-order valence-corrected chi connectivity index (χ0v) is 16.0. The lowest BCUT2D eigenvalue weighted by molar-refractivity contribution is -0.164. The van der Waals surface area contributed by atoms with E-state index < -0.39 is 10.3 Å². The van der Waals surface area contributed by atoms with Crippen LogP contribution in [-0.4, -0.2) is 41.4 Å². The molecule has 0 aromatic carbocycles. The molecule has 2 aliphatic rings. The van der Waals surface area contributed by atoms with Gasteiger partial charge in [0, 0.05) is 41.5 Å². The van der Waals surface area contributed by atoms with Crippen LogP contribution in [-0.2, 0) is 22.1 Å². The molecule has 2 fully saturated rings. The summed E-state index contributed by atoms with van der Waals surface area (Å²) in [6, 6.07) is 5.89. The van der Waals surface area contributed by atoms with Crippen LogP contribution in [0.2, 0.25) is 0 Å². The number of aryl methyl sites for hydroxylation is 1. The van der Waals surface area contributed by atoms with Gasteiger partial charge >= 0.3 is 0 Å². The number of aromatic amines is 1. The Kier molecular flexibility index (Phi) is 3.69. The summed E-state index contributed by atoms with van der Waals surface area (Å²) in [6.45, 7) is 1.50. The highest BCUT2D eigenvalue weighted by atomic mass is 32.2. The van der Waals surface area contributed by atoms with Crippen molar-refractivity contribution in [2.45, 2.75) is 18.8 Å². The third-order valence-electron chi connectivity index (χ3n) is 5.74. The molecule has 1 spiro atoms. The normalized spacial score (nSPS) is 17.9. The Labute approximate surface area is 161 Å². The molecule has 3 aromatic rings. The Morgan fingerprint density at radius 3 is 2.79 bits per heavy atom. The van der Waals surface area contributed by atoms with E-state index in [1.165, 1.54) is 0 Å². The third kappa shape index (κ3) is 2.57. The molecule has 8 nitrogen and oxygen atoms in total. The lowest BCUT2D eigenvalue weighted by Gasteiger charge is -2.53. The molecule has 142 valence electrons. The van der Waals surface area contributed by atoms with Crippen molar-refractivity contribution in [3.8, 4) is 17.3 Å². The van der Waals surface area contributed by atoms with Crippen molar-refractivity contribution in [2.24, 2.45) is 12.5 Å². The molecule has 1 aliphatic heterocycles. The highest BCUT2D eigenvalue weighted by molar-refractivity contribution is 7.63. The molecule has 0 bridgehead atoms. The first-order valence-corrected chi connectivity index (χ1v) is 10.0. The molecule has 1 saturated carbocycles. The van der Waals surface area contributed by atoms with E-state index in [0.717, 1.165) is 42.6 Å². The summed E-state index contributed by atoms with van der Waals surface area (Å²) < 4.78 is 30.6. The largest absolute Gasteiger partial charge is 0.380 e. The van der Waals surface area contributed by atoms with Gasteiger partial charge in [-0.2, -0.15) is 18.8 Å². The van der Waals surface area contributed by atoms with E-state index in [4.69, 9.17) is 4.74 Å². The second-order valence-corrected chi connectivity index (χ2v) is 8.60. The first-order valence-electron chi connectivity index (χ1n) is 8.95. The Hall–Kier alpha value is -2.96. The molecule has 3 aromatic heterocycles. The van der Waals surface area contributed by atoms with Crippen LogP contribution >= 0.6 is 0 Å². The maximum absolute atomic E-state index is 11.8. The van der Waals surface area contributed by atoms with Crippen molar-refractivity contribution >= 4 is 21.3 Å². The zero-order chi connectivity index (χ0) is 19.5. The molecule has 5 rings (SSSR count). The van der Waals surface area contributed by atoms with Crippen molar-refractivity contribution < 1.29 is 13.2 Å². The van der Waals surface area contributed by atoms with Gasteiger partial charge in [0.2, 0.25) is 10.3 Å². The molecule has 0 radical (unpaired) electrons. The first kappa shape index (κ1) is 17.2. The minimum absolute atomic E-state index is 0.0768. The second-order valence-electron chi connectivity index (χ2n) is 7.73. The topological polar surface area (TPSA) is 114 Å². The summed E-state index contributed by atoms with van der Waals surface area (Å²) in [4.78, 5) is 7.28. The van der Waals surface area contributed by atoms with Gasteiger partial charge < -0.3 is 9.72 Å². The van der Waals surface area contributed by atoms with Crippen LogP contribution in [0.4, 0.5) is 0 Å². The van der Waals surface area contributed by atoms with E-state index in [2.05, 4.69) is 21.1 Å². The zero-order valence-electron chi connectivity index (χ0n) is 15.1. The molecular weight excluding hydrogens is 378 g/mol. The van der Waals surface area contributed by atoms with Crippen molar-refractivity contribution in [2.75, 3.05) is 13.2 Å². The summed E-state index contributed by atoms with van der Waals surface area (Å²) in [6.07, 6.45) is 5.35. The summed E-state index contributed by atoms with van der Waals surface area (Å²) in [7, 11) is -0.727. The molecule has 9 heteroatoms. The van der Waals surface area contributed by atoms with Crippen LogP contribution in [0.5, 0.6) is 0 Å². The average molecular weight is 395 g/mol. The number of rotatable bonds is 2. The van der Waals surface area contributed by atoms with Crippen LogP contribution in [0, 0.1) is 21.4 Å². The number of hydrogen-bond acceptors (Lipinski definition) is 6. The van der Waals surface area contributed by atoms with Gasteiger partial charge in [-0.1, -0.05) is 0 Å². The predicted molar refractivity (Wildman–Crippen MR) is 100 cm³/mol. The van der Waals surface area contributed by atoms with Crippen LogP contribution < -0.4 is 0 Å². The molecule has 4 heterocycles. The minimum atomic E-state index is -2.55. The number of nitrogens with one attached hydrogen (secondary N) is 1. The van der Waals surface area contributed by atoms with Crippen molar-refractivity contribution in [3.05, 3.63) is 40.3 Å². The number of fused-ring (bicyclic) bond motifs is 1. The van der Waals surface area contributed by atoms with Gasteiger partial charge in [-0.25, -0.2) is 4.98 Å². The fraction of sp³-hybridized carbons (Fsp3) is 0.368. The van der Waals surface area contributed by atoms with Crippen LogP contribution in [0.25, 0.3) is 22.3 Å². The van der Waals surface area contributed by atoms with E-state index in [1.807, 2.05) is 25.4 Å². The smallest absolute Gasteiger partial charge is 0.239 e. The fourth-order valence-electron chi connectivity index (χ4n) is 4.31. The van der Waals surface area contributed by atoms with Crippen molar-refractivity contribution in [1.29, 1.82) is 5.26 Å². The highest BCUT2D eigenvalue weighted by Crippen LogP contribution is 2.55. The van der Waals surface area contributed by atoms with E-state index in [1.54, 1.807) is 10.9 Å². The minimum Gasteiger partial charge on any atom is -0.380 e. The molecule has 0 atom stereocenters. The van der Waals surface area contributed by atoms with Crippen LogP contribution in [0.3, 0.4) is 0 Å². The SMILES string of the molecule is Cn1cc2cc(-c3cc(C4CC5(COC5)C4)c(C#N)c(=S(=O)=O)[nH]3)cnc2n1. The van der Waals surface area contributed by atoms with Gasteiger partial charge in [-0.15, -0.1) is 0 Å². The molecule has 0 unspecified atom stereocenters. The Morgan fingerprint density at radius 1 is 1.36 bits per heavy atom. The maximum atomic E-state index is 11.8. The monoisotopic (exact) mass is 395 g/mol. The first-order chi connectivity index (χ1) is 13.5. The molecule has 1 saturated heterocycles. The number of nitriles is 1. The number of ether oxygens (including phenoxy) is 1. The van der Waals surface area contributed by atoms with Gasteiger partial charge in [0.15, 0.2) is 10.3 Å². The lowest BCUT2D eigenvalue weighted by Crippen LogP contribution is -2.51. The Bertz CT molecular complexity index is 1330. The summed E-state index contributed by atoms with van der Waals surface area (Å²) >= 11 is 0. The molecule has 1 aliphatic carbocycles. The number of hydrogen-bond donors (Lipinski definition) is 1. The van der Waals surface area contributed by atoms with E-state index in [9.17, 15) is 13.7 Å². The van der Waals surface area contributed by atoms with Gasteiger partial charge in [0.25, 0.3) is 0 Å². The number of pyridine rings is 2.